The quantitative estimate of drug-likeness (QED) is 0.787. The van der Waals surface area contributed by atoms with Gasteiger partial charge in [0.1, 0.15) is 0 Å². The predicted molar refractivity (Wildman–Crippen MR) is 76.3 cm³/mol. The molecule has 1 atom stereocenters. The van der Waals surface area contributed by atoms with Gasteiger partial charge in [0.25, 0.3) is 5.91 Å². The lowest BCUT2D eigenvalue weighted by Crippen LogP contribution is -2.29. The van der Waals surface area contributed by atoms with E-state index in [0.717, 1.165) is 6.08 Å². The highest BCUT2D eigenvalue weighted by molar-refractivity contribution is 7.99. The van der Waals surface area contributed by atoms with E-state index in [4.69, 9.17) is 5.11 Å². The molecule has 0 saturated heterocycles. The van der Waals surface area contributed by atoms with Crippen LogP contribution in [-0.4, -0.2) is 35.0 Å². The highest BCUT2D eigenvalue weighted by atomic mass is 32.2. The second-order valence-corrected chi connectivity index (χ2v) is 5.83. The van der Waals surface area contributed by atoms with Crippen LogP contribution >= 0.6 is 23.1 Å². The van der Waals surface area contributed by atoms with Gasteiger partial charge in [0.15, 0.2) is 0 Å². The lowest BCUT2D eigenvalue weighted by molar-refractivity contribution is -0.131. The van der Waals surface area contributed by atoms with E-state index in [1.54, 1.807) is 23.2 Å². The molecule has 0 bridgehead atoms. The normalized spacial score (nSPS) is 12.6. The van der Waals surface area contributed by atoms with Crippen LogP contribution in [0.5, 0.6) is 0 Å². The first-order valence-corrected chi connectivity index (χ1v) is 7.51. The first kappa shape index (κ1) is 14.8. The van der Waals surface area contributed by atoms with Gasteiger partial charge in [-0.15, -0.1) is 11.3 Å². The number of carboxylic acid groups (broad SMARTS) is 1. The number of rotatable bonds is 6. The molecule has 4 nitrogen and oxygen atoms in total. The summed E-state index contributed by atoms with van der Waals surface area (Å²) in [6, 6.07) is 1.73. The van der Waals surface area contributed by atoms with Crippen molar-refractivity contribution in [3.63, 3.8) is 0 Å². The van der Waals surface area contributed by atoms with Crippen LogP contribution in [0.4, 0.5) is 0 Å². The second-order valence-electron chi connectivity index (χ2n) is 3.63. The smallest absolute Gasteiger partial charge is 0.328 e. The Labute approximate surface area is 114 Å². The molecule has 1 heterocycles. The molecule has 98 valence electrons. The Kier molecular flexibility index (Phi) is 5.94. The number of carbonyl (C=O) groups excluding carboxylic acids is 1. The summed E-state index contributed by atoms with van der Waals surface area (Å²) in [6.07, 6.45) is 4.46. The number of amides is 1. The predicted octanol–water partition coefficient (Wildman–Crippen LogP) is 2.33. The zero-order valence-electron chi connectivity index (χ0n) is 10.2. The summed E-state index contributed by atoms with van der Waals surface area (Å²) in [5.41, 5.74) is 0.636. The Hall–Kier alpha value is -1.27. The molecule has 0 spiro atoms. The van der Waals surface area contributed by atoms with Gasteiger partial charge in [0.05, 0.1) is 4.88 Å². The number of carbonyl (C=O) groups is 2. The minimum Gasteiger partial charge on any atom is -0.478 e. The van der Waals surface area contributed by atoms with Crippen molar-refractivity contribution in [3.8, 4) is 0 Å². The largest absolute Gasteiger partial charge is 0.478 e. The number of hydrogen-bond acceptors (Lipinski definition) is 4. The molecule has 6 heteroatoms. The van der Waals surface area contributed by atoms with Gasteiger partial charge in [0, 0.05) is 17.9 Å². The van der Waals surface area contributed by atoms with Crippen molar-refractivity contribution in [1.82, 2.24) is 5.32 Å². The van der Waals surface area contributed by atoms with Gasteiger partial charge >= 0.3 is 5.97 Å². The SMILES string of the molecule is CSC(C)CNC(=O)c1sccc1/C=C/C(=O)O. The lowest BCUT2D eigenvalue weighted by atomic mass is 10.2. The highest BCUT2D eigenvalue weighted by Crippen LogP contribution is 2.18. The Balaban J connectivity index is 2.69. The van der Waals surface area contributed by atoms with Gasteiger partial charge < -0.3 is 10.4 Å². The van der Waals surface area contributed by atoms with Gasteiger partial charge in [-0.2, -0.15) is 11.8 Å². The molecule has 1 unspecified atom stereocenters. The molecule has 0 fully saturated rings. The van der Waals surface area contributed by atoms with Crippen molar-refractivity contribution in [3.05, 3.63) is 28.0 Å². The summed E-state index contributed by atoms with van der Waals surface area (Å²) in [5.74, 6) is -1.18. The van der Waals surface area contributed by atoms with E-state index < -0.39 is 5.97 Å². The third kappa shape index (κ3) is 4.54. The molecule has 0 aliphatic carbocycles. The summed E-state index contributed by atoms with van der Waals surface area (Å²) < 4.78 is 0. The van der Waals surface area contributed by atoms with E-state index in [2.05, 4.69) is 5.32 Å². The maximum absolute atomic E-state index is 11.9. The Morgan fingerprint density at radius 1 is 1.61 bits per heavy atom. The molecule has 1 aromatic heterocycles. The maximum atomic E-state index is 11.9. The van der Waals surface area contributed by atoms with E-state index >= 15 is 0 Å². The van der Waals surface area contributed by atoms with Crippen molar-refractivity contribution < 1.29 is 14.7 Å². The van der Waals surface area contributed by atoms with Crippen LogP contribution in [-0.2, 0) is 4.79 Å². The van der Waals surface area contributed by atoms with Gasteiger partial charge in [0.2, 0.25) is 0 Å². The standard InChI is InChI=1S/C12H15NO3S2/c1-8(17-2)7-13-12(16)11-9(5-6-18-11)3-4-10(14)15/h3-6,8H,7H2,1-2H3,(H,13,16)(H,14,15)/b4-3+. The van der Waals surface area contributed by atoms with Crippen LogP contribution in [0.15, 0.2) is 17.5 Å². The van der Waals surface area contributed by atoms with Gasteiger partial charge in [-0.1, -0.05) is 6.92 Å². The summed E-state index contributed by atoms with van der Waals surface area (Å²) in [7, 11) is 0. The Morgan fingerprint density at radius 2 is 2.33 bits per heavy atom. The Morgan fingerprint density at radius 3 is 2.94 bits per heavy atom. The number of nitrogens with one attached hydrogen (secondary N) is 1. The van der Waals surface area contributed by atoms with Gasteiger partial charge in [-0.05, 0) is 29.3 Å². The van der Waals surface area contributed by atoms with E-state index in [9.17, 15) is 9.59 Å². The molecule has 0 aliphatic heterocycles. The number of aliphatic carboxylic acids is 1. The van der Waals surface area contributed by atoms with E-state index in [1.165, 1.54) is 17.4 Å². The molecular weight excluding hydrogens is 270 g/mol. The van der Waals surface area contributed by atoms with E-state index in [0.29, 0.717) is 22.2 Å². The van der Waals surface area contributed by atoms with Crippen molar-refractivity contribution in [2.24, 2.45) is 0 Å². The summed E-state index contributed by atoms with van der Waals surface area (Å²) in [6.45, 7) is 2.63. The molecule has 1 amide bonds. The monoisotopic (exact) mass is 285 g/mol. The second kappa shape index (κ2) is 7.23. The molecule has 0 aromatic carbocycles. The fraction of sp³-hybridized carbons (Fsp3) is 0.333. The van der Waals surface area contributed by atoms with Crippen LogP contribution in [0.3, 0.4) is 0 Å². The van der Waals surface area contributed by atoms with Crippen LogP contribution < -0.4 is 5.32 Å². The molecule has 0 saturated carbocycles. The minimum absolute atomic E-state index is 0.157. The minimum atomic E-state index is -1.02. The zero-order valence-corrected chi connectivity index (χ0v) is 11.8. The van der Waals surface area contributed by atoms with Gasteiger partial charge in [-0.3, -0.25) is 4.79 Å². The Bertz CT molecular complexity index is 454. The highest BCUT2D eigenvalue weighted by Gasteiger charge is 2.12. The molecular formula is C12H15NO3S2. The summed E-state index contributed by atoms with van der Waals surface area (Å²) in [4.78, 5) is 22.9. The number of carboxylic acids is 1. The van der Waals surface area contributed by atoms with Crippen molar-refractivity contribution >= 4 is 41.1 Å². The molecule has 2 N–H and O–H groups in total. The molecule has 1 aromatic rings. The average molecular weight is 285 g/mol. The van der Waals surface area contributed by atoms with Crippen molar-refractivity contribution in [2.45, 2.75) is 12.2 Å². The molecule has 1 rings (SSSR count). The maximum Gasteiger partial charge on any atom is 0.328 e. The van der Waals surface area contributed by atoms with Crippen LogP contribution in [0.2, 0.25) is 0 Å². The lowest BCUT2D eigenvalue weighted by Gasteiger charge is -2.09. The van der Waals surface area contributed by atoms with Crippen LogP contribution in [0.25, 0.3) is 6.08 Å². The molecule has 0 radical (unpaired) electrons. The first-order chi connectivity index (χ1) is 8.54. The van der Waals surface area contributed by atoms with Crippen LogP contribution in [0.1, 0.15) is 22.2 Å². The summed E-state index contributed by atoms with van der Waals surface area (Å²) in [5, 5.41) is 13.5. The van der Waals surface area contributed by atoms with Crippen molar-refractivity contribution in [2.75, 3.05) is 12.8 Å². The third-order valence-corrected chi connectivity index (χ3v) is 4.16. The number of thioether (sulfide) groups is 1. The van der Waals surface area contributed by atoms with E-state index in [-0.39, 0.29) is 5.91 Å². The topological polar surface area (TPSA) is 66.4 Å². The third-order valence-electron chi connectivity index (χ3n) is 2.26. The summed E-state index contributed by atoms with van der Waals surface area (Å²) >= 11 is 2.98. The molecule has 0 aliphatic rings. The average Bonchev–Trinajstić information content (AvgIpc) is 2.81. The van der Waals surface area contributed by atoms with Crippen LogP contribution in [0, 0.1) is 0 Å². The first-order valence-electron chi connectivity index (χ1n) is 5.34. The zero-order chi connectivity index (χ0) is 13.5. The number of thiophene rings is 1. The van der Waals surface area contributed by atoms with E-state index in [1.807, 2.05) is 13.2 Å². The molecule has 18 heavy (non-hydrogen) atoms. The number of hydrogen-bond donors (Lipinski definition) is 2. The fourth-order valence-electron chi connectivity index (χ4n) is 1.20. The van der Waals surface area contributed by atoms with Crippen molar-refractivity contribution in [1.29, 1.82) is 0 Å². The van der Waals surface area contributed by atoms with Gasteiger partial charge in [-0.25, -0.2) is 4.79 Å². The fourth-order valence-corrected chi connectivity index (χ4v) is 2.25.